The number of allylic oxidation sites excluding steroid dienone is 13. The smallest absolute Gasteiger partial charge is 0.365 e. The van der Waals surface area contributed by atoms with Crippen LogP contribution >= 0.6 is 0 Å². The third kappa shape index (κ3) is 6.22. The fraction of sp³-hybridized carbons (Fsp3) is 0.447. The first-order valence-electron chi connectivity index (χ1n) is 19.2. The Morgan fingerprint density at radius 2 is 2.08 bits per heavy atom. The maximum atomic E-state index is 6.76. The fourth-order valence-electron chi connectivity index (χ4n) is 9.47. The number of amidine groups is 1. The lowest BCUT2D eigenvalue weighted by molar-refractivity contribution is -0.933. The highest BCUT2D eigenvalue weighted by Crippen LogP contribution is 2.80. The van der Waals surface area contributed by atoms with E-state index in [1.54, 1.807) is 0 Å². The molecule has 0 N–H and O–H groups in total. The van der Waals surface area contributed by atoms with E-state index in [1.165, 1.54) is 35.3 Å². The van der Waals surface area contributed by atoms with Crippen molar-refractivity contribution in [2.24, 2.45) is 22.4 Å². The first kappa shape index (κ1) is 34.9. The summed E-state index contributed by atoms with van der Waals surface area (Å²) in [5, 5.41) is 5.58. The monoisotopic (exact) mass is 674 g/mol. The van der Waals surface area contributed by atoms with Gasteiger partial charge in [0.25, 0.3) is 0 Å². The zero-order chi connectivity index (χ0) is 35.7. The zero-order valence-corrected chi connectivity index (χ0v) is 31.4. The molecule has 1 aromatic rings. The number of terminal acetylenes is 1. The summed E-state index contributed by atoms with van der Waals surface area (Å²) in [5.74, 6) is 1.64. The van der Waals surface area contributed by atoms with Crippen molar-refractivity contribution in [3.63, 3.8) is 0 Å². The van der Waals surface area contributed by atoms with Crippen molar-refractivity contribution < 1.29 is 4.59 Å². The highest BCUT2D eigenvalue weighted by Gasteiger charge is 2.92. The van der Waals surface area contributed by atoms with Gasteiger partial charge in [-0.3, -0.25) is 0 Å². The van der Waals surface area contributed by atoms with Gasteiger partial charge in [-0.1, -0.05) is 86.2 Å². The van der Waals surface area contributed by atoms with Crippen LogP contribution in [0.25, 0.3) is 4.85 Å². The van der Waals surface area contributed by atoms with E-state index in [4.69, 9.17) is 16.4 Å². The third-order valence-corrected chi connectivity index (χ3v) is 12.0. The number of nitrogens with zero attached hydrogens (tertiary/aromatic N) is 4. The summed E-state index contributed by atoms with van der Waals surface area (Å²) < 4.78 is 0.198. The second-order valence-electron chi connectivity index (χ2n) is 16.4. The summed E-state index contributed by atoms with van der Waals surface area (Å²) in [7, 11) is 0. The van der Waals surface area contributed by atoms with Gasteiger partial charge in [0.15, 0.2) is 29.3 Å². The van der Waals surface area contributed by atoms with Gasteiger partial charge in [-0.15, -0.1) is 4.85 Å². The van der Waals surface area contributed by atoms with Crippen LogP contribution in [-0.2, 0) is 0 Å². The van der Waals surface area contributed by atoms with E-state index in [9.17, 15) is 0 Å². The molecule has 4 heteroatoms. The molecule has 1 spiro atoms. The van der Waals surface area contributed by atoms with Gasteiger partial charge < -0.3 is 4.90 Å². The zero-order valence-electron chi connectivity index (χ0n) is 31.4. The van der Waals surface area contributed by atoms with Crippen LogP contribution in [0.2, 0.25) is 0 Å². The van der Waals surface area contributed by atoms with Gasteiger partial charge in [0, 0.05) is 35.8 Å². The van der Waals surface area contributed by atoms with E-state index in [-0.39, 0.29) is 21.1 Å². The van der Waals surface area contributed by atoms with Gasteiger partial charge in [-0.25, -0.2) is 0 Å². The Hall–Kier alpha value is -4.56. The van der Waals surface area contributed by atoms with Crippen molar-refractivity contribution in [1.29, 1.82) is 0 Å². The van der Waals surface area contributed by atoms with E-state index in [0.717, 1.165) is 62.6 Å². The van der Waals surface area contributed by atoms with Crippen molar-refractivity contribution in [1.82, 2.24) is 4.90 Å². The molecule has 1 aromatic carbocycles. The number of likely N-dealkylation sites (tertiary alicyclic amines) is 1. The van der Waals surface area contributed by atoms with Crippen molar-refractivity contribution in [3.8, 4) is 18.5 Å². The Balaban J connectivity index is 1.44. The predicted molar refractivity (Wildman–Crippen MR) is 211 cm³/mol. The lowest BCUT2D eigenvalue weighted by Gasteiger charge is -2.51. The topological polar surface area (TPSA) is 20.0 Å². The van der Waals surface area contributed by atoms with Crippen LogP contribution in [0.5, 0.6) is 0 Å². The van der Waals surface area contributed by atoms with E-state index in [0.29, 0.717) is 24.2 Å². The van der Waals surface area contributed by atoms with Gasteiger partial charge in [-0.2, -0.15) is 0 Å². The average molecular weight is 675 g/mol. The molecular weight excluding hydrogens is 621 g/mol. The number of quaternary nitrogens is 1. The molecule has 0 bridgehead atoms. The molecule has 5 aliphatic carbocycles. The Morgan fingerprint density at radius 3 is 2.80 bits per heavy atom. The summed E-state index contributed by atoms with van der Waals surface area (Å²) in [4.78, 5) is 7.73. The van der Waals surface area contributed by atoms with Gasteiger partial charge in [0.2, 0.25) is 0 Å². The number of rotatable bonds is 8. The molecule has 260 valence electrons. The summed E-state index contributed by atoms with van der Waals surface area (Å²) >= 11 is 0. The van der Waals surface area contributed by atoms with E-state index in [1.807, 2.05) is 18.2 Å². The molecule has 5 atom stereocenters. The van der Waals surface area contributed by atoms with Crippen LogP contribution in [0.1, 0.15) is 98.0 Å². The highest BCUT2D eigenvalue weighted by atomic mass is 15.7. The van der Waals surface area contributed by atoms with Crippen LogP contribution in [0.15, 0.2) is 118 Å². The molecule has 4 unspecified atom stereocenters. The van der Waals surface area contributed by atoms with Crippen LogP contribution in [-0.4, -0.2) is 39.5 Å². The fourth-order valence-corrected chi connectivity index (χ4v) is 9.47. The normalized spacial score (nSPS) is 31.1. The minimum Gasteiger partial charge on any atom is -0.365 e. The first-order chi connectivity index (χ1) is 24.7. The lowest BCUT2D eigenvalue weighted by atomic mass is 9.69. The molecule has 1 saturated carbocycles. The molecule has 2 fully saturated rings. The molecule has 6 aliphatic rings. The maximum absolute atomic E-state index is 6.76. The SMILES string of the molecule is C#C[N+]1(/N=C(\[N+]#CC2=CC(C)CCC2)c2cc#ccc2)CC2=CC(C3CC=CCC3)=C(N(C/C=C\C)C(C)(C)C)[C@@]3(CC4=CC=CCC=C4)CC231. The Labute approximate surface area is 307 Å². The predicted octanol–water partition coefficient (Wildman–Crippen LogP) is 10.6. The Morgan fingerprint density at radius 1 is 1.20 bits per heavy atom. The molecule has 0 aromatic heterocycles. The summed E-state index contributed by atoms with van der Waals surface area (Å²) in [6.45, 7) is 13.0. The van der Waals surface area contributed by atoms with Crippen molar-refractivity contribution in [2.75, 3.05) is 13.1 Å². The molecule has 1 heterocycles. The second kappa shape index (κ2) is 13.9. The largest absolute Gasteiger partial charge is 0.491 e. The minimum absolute atomic E-state index is 0.106. The third-order valence-electron chi connectivity index (χ3n) is 12.0. The van der Waals surface area contributed by atoms with Crippen LogP contribution in [0.4, 0.5) is 0 Å². The number of hydrogen-bond donors (Lipinski definition) is 0. The first-order valence-corrected chi connectivity index (χ1v) is 19.2. The maximum Gasteiger partial charge on any atom is 0.491 e. The Bertz CT molecular complexity index is 1920. The molecule has 1 aliphatic heterocycles. The minimum atomic E-state index is -0.348. The summed E-state index contributed by atoms with van der Waals surface area (Å²) in [6, 6.07) is 18.8. The molecule has 0 amide bonds. The van der Waals surface area contributed by atoms with Crippen molar-refractivity contribution in [2.45, 2.75) is 103 Å². The van der Waals surface area contributed by atoms with Gasteiger partial charge in [-0.05, 0) is 125 Å². The summed E-state index contributed by atoms with van der Waals surface area (Å²) in [5.41, 5.74) is 7.18. The molecule has 51 heavy (non-hydrogen) atoms. The van der Waals surface area contributed by atoms with Crippen LogP contribution in [0, 0.1) is 47.9 Å². The van der Waals surface area contributed by atoms with Crippen molar-refractivity contribution >= 4 is 5.84 Å². The molecule has 1 saturated heterocycles. The number of hydrogen-bond acceptors (Lipinski definition) is 2. The van der Waals surface area contributed by atoms with Crippen LogP contribution in [0.3, 0.4) is 0 Å². The highest BCUT2D eigenvalue weighted by molar-refractivity contribution is 6.06. The van der Waals surface area contributed by atoms with Gasteiger partial charge in [0.05, 0.1) is 11.0 Å². The molecular formula is C47H54N4+2. The van der Waals surface area contributed by atoms with Gasteiger partial charge in [0.1, 0.15) is 5.56 Å². The summed E-state index contributed by atoms with van der Waals surface area (Å²) in [6.07, 6.45) is 41.9. The van der Waals surface area contributed by atoms with E-state index >= 15 is 0 Å². The standard InChI is InChI=1S/C47H54N4/c1-7-9-29-50(45(4,5)6)43-42(39-25-16-12-17-26-39)31-41-34-51(8-2,47(41)35-46(43,47)32-37-22-14-10-11-15-23-37)49-44(40-27-18-13-19-28-40)48-33-38-24-20-21-36(3)30-38/h2,7,9-10,12,14-16,18,22-23,27-28,30-31,36,39H,11,17,20-21,24-26,29,32,34-35H2,1,3-6H3/q+2/b9-7-,49-44-/t36?,39?,46-,47?,51?/m1/s1. The van der Waals surface area contributed by atoms with Crippen LogP contribution < -0.4 is 0 Å². The second-order valence-corrected chi connectivity index (χ2v) is 16.4. The quantitative estimate of drug-likeness (QED) is 0.0883. The lowest BCUT2D eigenvalue weighted by Crippen LogP contribution is -2.67. The molecule has 7 rings (SSSR count). The van der Waals surface area contributed by atoms with Gasteiger partial charge >= 0.3 is 5.84 Å². The molecule has 4 nitrogen and oxygen atoms in total. The van der Waals surface area contributed by atoms with Crippen molar-refractivity contribution in [3.05, 3.63) is 136 Å². The van der Waals surface area contributed by atoms with E-state index in [2.05, 4.69) is 131 Å². The van der Waals surface area contributed by atoms with E-state index < -0.39 is 0 Å². The Kier molecular flexibility index (Phi) is 9.48. The average Bonchev–Trinajstić information content (AvgIpc) is 3.90. The molecule has 0 radical (unpaired) electrons.